The summed E-state index contributed by atoms with van der Waals surface area (Å²) in [6.45, 7) is 5.79. The number of carbonyl (C=O) groups excluding carboxylic acids is 3. The van der Waals surface area contributed by atoms with E-state index in [1.165, 1.54) is 32.5 Å². The highest BCUT2D eigenvalue weighted by Gasteiger charge is 2.19. The van der Waals surface area contributed by atoms with Gasteiger partial charge in [-0.1, -0.05) is 22.7 Å². The summed E-state index contributed by atoms with van der Waals surface area (Å²) in [7, 11) is 3.33. The van der Waals surface area contributed by atoms with Gasteiger partial charge in [0.2, 0.25) is 22.1 Å². The Bertz CT molecular complexity index is 1470. The van der Waals surface area contributed by atoms with Crippen LogP contribution in [-0.2, 0) is 19.1 Å². The second kappa shape index (κ2) is 15.9. The summed E-state index contributed by atoms with van der Waals surface area (Å²) in [5.41, 5.74) is 6.59. The molecule has 228 valence electrons. The van der Waals surface area contributed by atoms with Gasteiger partial charge in [0.25, 0.3) is 0 Å². The van der Waals surface area contributed by atoms with Crippen molar-refractivity contribution in [1.29, 1.82) is 0 Å². The van der Waals surface area contributed by atoms with E-state index >= 15 is 0 Å². The van der Waals surface area contributed by atoms with Gasteiger partial charge in [-0.05, 0) is 51.5 Å². The van der Waals surface area contributed by atoms with Gasteiger partial charge in [-0.2, -0.15) is 0 Å². The number of rotatable bonds is 10. The molecule has 4 rings (SSSR count). The number of aromatic nitrogens is 6. The van der Waals surface area contributed by atoms with Crippen molar-refractivity contribution >= 4 is 50.7 Å². The number of amides is 2. The first-order valence-electron chi connectivity index (χ1n) is 13.4. The van der Waals surface area contributed by atoms with Crippen LogP contribution in [0.25, 0.3) is 21.1 Å². The molecule has 0 radical (unpaired) electrons. The lowest BCUT2D eigenvalue weighted by molar-refractivity contribution is -0.154. The first-order chi connectivity index (χ1) is 20.5. The quantitative estimate of drug-likeness (QED) is 0.253. The van der Waals surface area contributed by atoms with Crippen molar-refractivity contribution < 1.29 is 19.1 Å². The second-order valence-corrected chi connectivity index (χ2v) is 12.1. The van der Waals surface area contributed by atoms with E-state index in [0.717, 1.165) is 16.1 Å². The lowest BCUT2D eigenvalue weighted by atomic mass is 10.2. The molecule has 4 aromatic heterocycles. The van der Waals surface area contributed by atoms with Crippen molar-refractivity contribution in [3.05, 3.63) is 49.1 Å². The molecule has 2 N–H and O–H groups in total. The van der Waals surface area contributed by atoms with E-state index in [0.29, 0.717) is 34.7 Å². The minimum Gasteiger partial charge on any atom is -0.460 e. The smallest absolute Gasteiger partial charge is 0.306 e. The molecule has 15 heteroatoms. The summed E-state index contributed by atoms with van der Waals surface area (Å²) in [5.74, 6) is -0.471. The molecule has 0 fully saturated rings. The second-order valence-electron chi connectivity index (χ2n) is 10.1. The van der Waals surface area contributed by atoms with E-state index in [-0.39, 0.29) is 30.6 Å². The van der Waals surface area contributed by atoms with Crippen LogP contribution in [0.3, 0.4) is 0 Å². The van der Waals surface area contributed by atoms with Crippen LogP contribution in [0.4, 0.5) is 10.3 Å². The largest absolute Gasteiger partial charge is 0.460 e. The fourth-order valence-electron chi connectivity index (χ4n) is 3.36. The van der Waals surface area contributed by atoms with Gasteiger partial charge in [-0.15, -0.1) is 20.4 Å². The molecule has 0 saturated carbocycles. The first kappa shape index (κ1) is 33.3. The van der Waals surface area contributed by atoms with E-state index < -0.39 is 5.60 Å². The Kier molecular flexibility index (Phi) is 12.3. The third kappa shape index (κ3) is 10.5. The van der Waals surface area contributed by atoms with Crippen LogP contribution < -0.4 is 15.5 Å². The van der Waals surface area contributed by atoms with Crippen LogP contribution in [0, 0.1) is 0 Å². The molecular formula is C28H35N9O4S2. The van der Waals surface area contributed by atoms with E-state index in [1.807, 2.05) is 45.0 Å². The lowest BCUT2D eigenvalue weighted by Gasteiger charge is -2.19. The topological polar surface area (TPSA) is 170 Å². The predicted octanol–water partition coefficient (Wildman–Crippen LogP) is 3.99. The number of nitrogens with two attached hydrogens (primary N) is 1. The average molecular weight is 626 g/mol. The number of anilines is 2. The van der Waals surface area contributed by atoms with Crippen LogP contribution in [0.2, 0.25) is 0 Å². The SMILES string of the molecule is CN(C(=O)CCCC(=O)OC(C)(C)C)c1nnc(-c2cccnc2)s1.CN(C(=O)CCN)c1nnc(-c2cccnc2)s1. The third-order valence-corrected chi connectivity index (χ3v) is 7.62. The summed E-state index contributed by atoms with van der Waals surface area (Å²) in [6, 6.07) is 7.45. The minimum absolute atomic E-state index is 0.0635. The molecule has 0 spiro atoms. The number of hydrogen-bond donors (Lipinski definition) is 1. The van der Waals surface area contributed by atoms with E-state index in [4.69, 9.17) is 10.5 Å². The summed E-state index contributed by atoms with van der Waals surface area (Å²) in [4.78, 5) is 46.6. The van der Waals surface area contributed by atoms with E-state index in [1.54, 1.807) is 38.9 Å². The Morgan fingerprint density at radius 2 is 1.28 bits per heavy atom. The van der Waals surface area contributed by atoms with Gasteiger partial charge in [0.15, 0.2) is 10.0 Å². The average Bonchev–Trinajstić information content (AvgIpc) is 3.68. The van der Waals surface area contributed by atoms with Crippen molar-refractivity contribution in [2.45, 2.75) is 52.1 Å². The molecular weight excluding hydrogens is 591 g/mol. The fourth-order valence-corrected chi connectivity index (χ4v) is 4.99. The zero-order valence-electron chi connectivity index (χ0n) is 24.8. The zero-order chi connectivity index (χ0) is 31.4. The summed E-state index contributed by atoms with van der Waals surface area (Å²) >= 11 is 2.67. The molecule has 0 aliphatic rings. The van der Waals surface area contributed by atoms with Crippen LogP contribution in [-0.4, -0.2) is 74.4 Å². The highest BCUT2D eigenvalue weighted by atomic mass is 32.1. The van der Waals surface area contributed by atoms with Crippen LogP contribution in [0.15, 0.2) is 49.1 Å². The summed E-state index contributed by atoms with van der Waals surface area (Å²) < 4.78 is 5.23. The molecule has 0 bridgehead atoms. The zero-order valence-corrected chi connectivity index (χ0v) is 26.4. The van der Waals surface area contributed by atoms with Crippen molar-refractivity contribution in [2.75, 3.05) is 30.4 Å². The monoisotopic (exact) mass is 625 g/mol. The number of esters is 1. The highest BCUT2D eigenvalue weighted by molar-refractivity contribution is 7.19. The van der Waals surface area contributed by atoms with Crippen molar-refractivity contribution in [3.63, 3.8) is 0 Å². The van der Waals surface area contributed by atoms with Gasteiger partial charge in [0.05, 0.1) is 0 Å². The maximum Gasteiger partial charge on any atom is 0.306 e. The van der Waals surface area contributed by atoms with Gasteiger partial charge in [-0.3, -0.25) is 34.2 Å². The molecule has 2 amide bonds. The third-order valence-electron chi connectivity index (χ3n) is 5.52. The lowest BCUT2D eigenvalue weighted by Crippen LogP contribution is -2.27. The molecule has 0 atom stereocenters. The number of ether oxygens (including phenoxy) is 1. The number of pyridine rings is 2. The molecule has 4 heterocycles. The molecule has 43 heavy (non-hydrogen) atoms. The predicted molar refractivity (Wildman–Crippen MR) is 166 cm³/mol. The standard InChI is InChI=1S/C17H22N4O3S.C11H13N5OS/c1-17(2,3)24-14(23)9-5-8-13(22)21(4)16-20-19-15(25-16)12-7-6-10-18-11-12;1-16(9(17)4-5-12)11-15-14-10(18-11)8-3-2-6-13-7-8/h6-7,10-11H,5,8-9H2,1-4H3;2-3,6-7H,4-5,12H2,1H3. The van der Waals surface area contributed by atoms with Crippen molar-refractivity contribution in [2.24, 2.45) is 5.73 Å². The fraction of sp³-hybridized carbons (Fsp3) is 0.393. The Morgan fingerprint density at radius 1 is 0.791 bits per heavy atom. The Balaban J connectivity index is 0.000000248. The molecule has 4 aromatic rings. The van der Waals surface area contributed by atoms with Crippen molar-refractivity contribution in [3.8, 4) is 21.1 Å². The molecule has 0 unspecified atom stereocenters. The van der Waals surface area contributed by atoms with Gasteiger partial charge < -0.3 is 10.5 Å². The van der Waals surface area contributed by atoms with Crippen LogP contribution in [0.1, 0.15) is 46.5 Å². The number of carbonyl (C=O) groups is 3. The van der Waals surface area contributed by atoms with E-state index in [2.05, 4.69) is 30.4 Å². The molecule has 0 aliphatic carbocycles. The number of hydrogen-bond acceptors (Lipinski definition) is 13. The first-order valence-corrected chi connectivity index (χ1v) is 15.0. The highest BCUT2D eigenvalue weighted by Crippen LogP contribution is 2.29. The molecule has 0 aliphatic heterocycles. The summed E-state index contributed by atoms with van der Waals surface area (Å²) in [6.07, 6.45) is 8.00. The van der Waals surface area contributed by atoms with Crippen LogP contribution in [0.5, 0.6) is 0 Å². The number of nitrogens with zero attached hydrogens (tertiary/aromatic N) is 8. The maximum atomic E-state index is 12.3. The van der Waals surface area contributed by atoms with Crippen LogP contribution >= 0.6 is 22.7 Å². The van der Waals surface area contributed by atoms with Gasteiger partial charge in [-0.25, -0.2) is 0 Å². The normalized spacial score (nSPS) is 10.8. The minimum atomic E-state index is -0.507. The molecule has 0 aromatic carbocycles. The Hall–Kier alpha value is -4.21. The maximum absolute atomic E-state index is 12.3. The Morgan fingerprint density at radius 3 is 1.70 bits per heavy atom. The van der Waals surface area contributed by atoms with E-state index in [9.17, 15) is 14.4 Å². The molecule has 0 saturated heterocycles. The van der Waals surface area contributed by atoms with Gasteiger partial charge >= 0.3 is 5.97 Å². The van der Waals surface area contributed by atoms with Gasteiger partial charge in [0.1, 0.15) is 5.60 Å². The Labute approximate surface area is 258 Å². The van der Waals surface area contributed by atoms with Gasteiger partial charge in [0, 0.05) is 75.8 Å². The molecule has 13 nitrogen and oxygen atoms in total. The summed E-state index contributed by atoms with van der Waals surface area (Å²) in [5, 5.41) is 18.7. The van der Waals surface area contributed by atoms with Crippen molar-refractivity contribution in [1.82, 2.24) is 30.4 Å².